The number of fused-ring (bicyclic) bond motifs is 1. The Balaban J connectivity index is 1.73. The third kappa shape index (κ3) is 2.03. The molecular weight excluding hydrogens is 274 g/mol. The van der Waals surface area contributed by atoms with Gasteiger partial charge in [-0.1, -0.05) is 13.8 Å². The third-order valence-electron chi connectivity index (χ3n) is 5.06. The number of nitrogens with one attached hydrogen (secondary N) is 1. The van der Waals surface area contributed by atoms with E-state index < -0.39 is 0 Å². The molecule has 4 rings (SSSR count). The highest BCUT2D eigenvalue weighted by atomic mass is 15.2. The largest absolute Gasteiger partial charge is 0.383 e. The number of aryl methyl sites for hydroxylation is 1. The lowest BCUT2D eigenvalue weighted by Gasteiger charge is -2.12. The van der Waals surface area contributed by atoms with E-state index in [1.165, 1.54) is 5.82 Å². The zero-order chi connectivity index (χ0) is 15.4. The van der Waals surface area contributed by atoms with Crippen molar-refractivity contribution < 1.29 is 0 Å². The number of aromatic nitrogens is 3. The second kappa shape index (κ2) is 4.81. The topological polar surface area (TPSA) is 68.8 Å². The monoisotopic (exact) mass is 297 g/mol. The summed E-state index contributed by atoms with van der Waals surface area (Å²) in [6, 6.07) is 2.71. The summed E-state index contributed by atoms with van der Waals surface area (Å²) >= 11 is 0. The van der Waals surface area contributed by atoms with Crippen LogP contribution in [0, 0.1) is 18.8 Å². The highest BCUT2D eigenvalue weighted by Crippen LogP contribution is 2.53. The van der Waals surface area contributed by atoms with E-state index in [4.69, 9.17) is 10.7 Å². The lowest BCUT2D eigenvalue weighted by Crippen LogP contribution is -2.17. The maximum absolute atomic E-state index is 5.83. The molecule has 1 saturated heterocycles. The van der Waals surface area contributed by atoms with Gasteiger partial charge in [-0.2, -0.15) is 0 Å². The van der Waals surface area contributed by atoms with Gasteiger partial charge in [-0.05, 0) is 30.4 Å². The fourth-order valence-corrected chi connectivity index (χ4v) is 3.74. The maximum Gasteiger partial charge on any atom is 0.126 e. The molecule has 5 heteroatoms. The Morgan fingerprint density at radius 2 is 2.05 bits per heavy atom. The minimum absolute atomic E-state index is 0.422. The zero-order valence-electron chi connectivity index (χ0n) is 13.4. The Kier molecular flexibility index (Phi) is 3.01. The average Bonchev–Trinajstić information content (AvgIpc) is 2.90. The van der Waals surface area contributed by atoms with E-state index in [0.717, 1.165) is 41.7 Å². The van der Waals surface area contributed by atoms with E-state index in [-0.39, 0.29) is 0 Å². The van der Waals surface area contributed by atoms with Gasteiger partial charge in [0, 0.05) is 43.0 Å². The number of imidazole rings is 1. The lowest BCUT2D eigenvalue weighted by molar-refractivity contribution is 0.537. The summed E-state index contributed by atoms with van der Waals surface area (Å²) in [6.45, 7) is 8.70. The van der Waals surface area contributed by atoms with Gasteiger partial charge in [0.05, 0.1) is 5.69 Å². The number of pyridine rings is 1. The van der Waals surface area contributed by atoms with Crippen LogP contribution in [0.4, 0.5) is 5.82 Å². The van der Waals surface area contributed by atoms with E-state index in [1.54, 1.807) is 0 Å². The minimum atomic E-state index is 0.422. The normalized spacial score (nSPS) is 26.5. The van der Waals surface area contributed by atoms with Crippen LogP contribution in [0.25, 0.3) is 11.3 Å². The number of anilines is 1. The summed E-state index contributed by atoms with van der Waals surface area (Å²) in [5.41, 5.74) is 8.90. The summed E-state index contributed by atoms with van der Waals surface area (Å²) in [7, 11) is 0. The van der Waals surface area contributed by atoms with Crippen LogP contribution in [0.2, 0.25) is 0 Å². The lowest BCUT2D eigenvalue weighted by atomic mass is 10.1. The van der Waals surface area contributed by atoms with E-state index in [0.29, 0.717) is 17.8 Å². The molecule has 116 valence electrons. The predicted molar refractivity (Wildman–Crippen MR) is 87.6 cm³/mol. The van der Waals surface area contributed by atoms with Crippen LogP contribution in [-0.4, -0.2) is 27.6 Å². The number of hydrogen-bond acceptors (Lipinski definition) is 4. The van der Waals surface area contributed by atoms with Crippen molar-refractivity contribution in [2.75, 3.05) is 18.8 Å². The first-order valence-electron chi connectivity index (χ1n) is 8.08. The van der Waals surface area contributed by atoms with Crippen LogP contribution in [0.3, 0.4) is 0 Å². The Bertz CT molecular complexity index is 708. The summed E-state index contributed by atoms with van der Waals surface area (Å²) in [5.74, 6) is 3.77. The van der Waals surface area contributed by atoms with Crippen molar-refractivity contribution in [2.24, 2.45) is 11.8 Å². The molecule has 0 bridgehead atoms. The summed E-state index contributed by atoms with van der Waals surface area (Å²) < 4.78 is 2.42. The first-order chi connectivity index (χ1) is 10.6. The number of piperidine rings is 1. The van der Waals surface area contributed by atoms with Crippen LogP contribution in [0.5, 0.6) is 0 Å². The highest BCUT2D eigenvalue weighted by molar-refractivity contribution is 5.61. The predicted octanol–water partition coefficient (Wildman–Crippen LogP) is 2.35. The number of nitrogens with two attached hydrogens (primary N) is 1. The summed E-state index contributed by atoms with van der Waals surface area (Å²) in [6.07, 6.45) is 4.04. The molecule has 3 N–H and O–H groups in total. The SMILES string of the molecule is Cc1cc(-c2cn(C3[C@H]4CNC[C@@H]34)c(C(C)C)n2)cnc1N. The molecule has 1 aliphatic carbocycles. The summed E-state index contributed by atoms with van der Waals surface area (Å²) in [5, 5.41) is 3.46. The molecule has 2 aromatic rings. The standard InChI is InChI=1S/C17H23N5/c1-9(2)17-21-14(11-4-10(3)16(18)20-5-11)8-22(17)15-12-6-19-7-13(12)15/h4-5,8-9,12-13,15,19H,6-7H2,1-3H3,(H2,18,20)/t12-,13+,15?. The molecule has 22 heavy (non-hydrogen) atoms. The van der Waals surface area contributed by atoms with Crippen molar-refractivity contribution in [1.29, 1.82) is 0 Å². The Labute approximate surface area is 131 Å². The fraction of sp³-hybridized carbons (Fsp3) is 0.529. The molecule has 1 unspecified atom stereocenters. The first kappa shape index (κ1) is 13.8. The molecule has 2 aliphatic rings. The van der Waals surface area contributed by atoms with Gasteiger partial charge in [-0.25, -0.2) is 9.97 Å². The molecule has 0 spiro atoms. The van der Waals surface area contributed by atoms with E-state index in [1.807, 2.05) is 13.1 Å². The molecule has 1 saturated carbocycles. The molecule has 2 fully saturated rings. The number of nitrogen functional groups attached to an aromatic ring is 1. The molecule has 0 amide bonds. The number of rotatable bonds is 3. The van der Waals surface area contributed by atoms with Crippen LogP contribution >= 0.6 is 0 Å². The van der Waals surface area contributed by atoms with Gasteiger partial charge in [0.1, 0.15) is 11.6 Å². The van der Waals surface area contributed by atoms with Crippen molar-refractivity contribution in [1.82, 2.24) is 19.9 Å². The quantitative estimate of drug-likeness (QED) is 0.912. The van der Waals surface area contributed by atoms with Crippen molar-refractivity contribution >= 4 is 5.82 Å². The molecule has 3 atom stereocenters. The fourth-order valence-electron chi connectivity index (χ4n) is 3.74. The Hall–Kier alpha value is -1.88. The van der Waals surface area contributed by atoms with Crippen molar-refractivity contribution in [3.63, 3.8) is 0 Å². The van der Waals surface area contributed by atoms with Gasteiger partial charge in [-0.15, -0.1) is 0 Å². The molecular formula is C17H23N5. The van der Waals surface area contributed by atoms with Crippen LogP contribution in [0.1, 0.15) is 37.2 Å². The van der Waals surface area contributed by atoms with Crippen LogP contribution in [0.15, 0.2) is 18.5 Å². The molecule has 3 heterocycles. The van der Waals surface area contributed by atoms with Crippen LogP contribution in [-0.2, 0) is 0 Å². The van der Waals surface area contributed by atoms with E-state index in [2.05, 4.69) is 41.0 Å². The van der Waals surface area contributed by atoms with Gasteiger partial charge in [0.2, 0.25) is 0 Å². The van der Waals surface area contributed by atoms with Crippen molar-refractivity contribution in [3.8, 4) is 11.3 Å². The second-order valence-electron chi connectivity index (χ2n) is 6.95. The van der Waals surface area contributed by atoms with E-state index >= 15 is 0 Å². The van der Waals surface area contributed by atoms with Gasteiger partial charge in [0.25, 0.3) is 0 Å². The second-order valence-corrected chi connectivity index (χ2v) is 6.95. The number of hydrogen-bond donors (Lipinski definition) is 2. The van der Waals surface area contributed by atoms with Gasteiger partial charge >= 0.3 is 0 Å². The highest BCUT2D eigenvalue weighted by Gasteiger charge is 2.54. The molecule has 0 radical (unpaired) electrons. The molecule has 1 aliphatic heterocycles. The molecule has 5 nitrogen and oxygen atoms in total. The maximum atomic E-state index is 5.83. The zero-order valence-corrected chi connectivity index (χ0v) is 13.4. The summed E-state index contributed by atoms with van der Waals surface area (Å²) in [4.78, 5) is 9.18. The first-order valence-corrected chi connectivity index (χ1v) is 8.08. The Morgan fingerprint density at radius 3 is 2.68 bits per heavy atom. The van der Waals surface area contributed by atoms with Gasteiger partial charge in [-0.3, -0.25) is 0 Å². The number of nitrogens with zero attached hydrogens (tertiary/aromatic N) is 3. The van der Waals surface area contributed by atoms with Gasteiger partial charge < -0.3 is 15.6 Å². The smallest absolute Gasteiger partial charge is 0.126 e. The van der Waals surface area contributed by atoms with Crippen molar-refractivity contribution in [3.05, 3.63) is 29.8 Å². The molecule has 0 aromatic carbocycles. The van der Waals surface area contributed by atoms with Gasteiger partial charge in [0.15, 0.2) is 0 Å². The average molecular weight is 297 g/mol. The van der Waals surface area contributed by atoms with E-state index in [9.17, 15) is 0 Å². The molecule has 2 aromatic heterocycles. The Morgan fingerprint density at radius 1 is 1.32 bits per heavy atom. The minimum Gasteiger partial charge on any atom is -0.383 e. The third-order valence-corrected chi connectivity index (χ3v) is 5.06. The van der Waals surface area contributed by atoms with Crippen LogP contribution < -0.4 is 11.1 Å². The van der Waals surface area contributed by atoms with Crippen molar-refractivity contribution in [2.45, 2.75) is 32.7 Å².